The highest BCUT2D eigenvalue weighted by Crippen LogP contribution is 2.68. The summed E-state index contributed by atoms with van der Waals surface area (Å²) < 4.78 is 28.7. The number of fused-ring (bicyclic) bond motifs is 6. The van der Waals surface area contributed by atoms with Crippen LogP contribution in [0.5, 0.6) is 5.75 Å². The van der Waals surface area contributed by atoms with E-state index in [2.05, 4.69) is 0 Å². The van der Waals surface area contributed by atoms with E-state index in [-0.39, 0.29) is 17.0 Å². The molecule has 3 atom stereocenters. The van der Waals surface area contributed by atoms with Gasteiger partial charge in [-0.1, -0.05) is 23.7 Å². The van der Waals surface area contributed by atoms with E-state index in [0.717, 1.165) is 6.42 Å². The summed E-state index contributed by atoms with van der Waals surface area (Å²) in [5.74, 6) is -0.0367. The van der Waals surface area contributed by atoms with Crippen LogP contribution in [0.25, 0.3) is 0 Å². The molecule has 6 nitrogen and oxygen atoms in total. The number of halogens is 2. The molecule has 0 bridgehead atoms. The van der Waals surface area contributed by atoms with Gasteiger partial charge in [-0.05, 0) is 49.2 Å². The molecule has 2 aliphatic heterocycles. The Bertz CT molecular complexity index is 1580. The molecule has 0 spiro atoms. The van der Waals surface area contributed by atoms with Crippen molar-refractivity contribution in [3.8, 4) is 5.75 Å². The lowest BCUT2D eigenvalue weighted by atomic mass is 9.71. The second kappa shape index (κ2) is 6.83. The van der Waals surface area contributed by atoms with Crippen LogP contribution in [0.4, 0.5) is 4.39 Å². The molecular formula is C27H20ClFN2O4. The van der Waals surface area contributed by atoms with Gasteiger partial charge in [-0.25, -0.2) is 9.37 Å². The lowest BCUT2D eigenvalue weighted by molar-refractivity contribution is -0.0932. The van der Waals surface area contributed by atoms with Gasteiger partial charge in [-0.3, -0.25) is 9.36 Å². The summed E-state index contributed by atoms with van der Waals surface area (Å²) in [5.41, 5.74) is -1.61. The first kappa shape index (κ1) is 20.9. The molecule has 8 heteroatoms. The van der Waals surface area contributed by atoms with Crippen molar-refractivity contribution in [2.45, 2.75) is 43.4 Å². The van der Waals surface area contributed by atoms with E-state index in [0.29, 0.717) is 51.8 Å². The van der Waals surface area contributed by atoms with Crippen molar-refractivity contribution >= 4 is 11.6 Å². The first-order chi connectivity index (χ1) is 16.9. The quantitative estimate of drug-likeness (QED) is 0.446. The normalized spacial score (nSPS) is 25.7. The highest BCUT2D eigenvalue weighted by molar-refractivity contribution is 6.30. The number of benzene rings is 2. The number of furan rings is 1. The summed E-state index contributed by atoms with van der Waals surface area (Å²) in [6.45, 7) is 2.29. The van der Waals surface area contributed by atoms with E-state index < -0.39 is 22.9 Å². The van der Waals surface area contributed by atoms with E-state index in [4.69, 9.17) is 25.7 Å². The lowest BCUT2D eigenvalue weighted by Crippen LogP contribution is -2.49. The Labute approximate surface area is 204 Å². The number of aromatic nitrogens is 2. The number of hydrogen-bond acceptors (Lipinski definition) is 5. The number of rotatable bonds is 2. The Hall–Kier alpha value is -3.42. The minimum Gasteiger partial charge on any atom is -0.477 e. The Morgan fingerprint density at radius 3 is 2.77 bits per heavy atom. The van der Waals surface area contributed by atoms with Gasteiger partial charge in [0.15, 0.2) is 11.2 Å². The molecule has 0 amide bonds. The molecule has 2 aromatic heterocycles. The van der Waals surface area contributed by atoms with Gasteiger partial charge in [0, 0.05) is 35.2 Å². The zero-order valence-electron chi connectivity index (χ0n) is 18.7. The van der Waals surface area contributed by atoms with E-state index in [1.165, 1.54) is 18.4 Å². The zero-order valence-corrected chi connectivity index (χ0v) is 19.5. The number of aliphatic hydroxyl groups is 1. The van der Waals surface area contributed by atoms with E-state index in [9.17, 15) is 14.3 Å². The van der Waals surface area contributed by atoms with Gasteiger partial charge >= 0.3 is 0 Å². The summed E-state index contributed by atoms with van der Waals surface area (Å²) in [6.07, 6.45) is 2.95. The van der Waals surface area contributed by atoms with Crippen LogP contribution in [0.3, 0.4) is 0 Å². The Morgan fingerprint density at radius 2 is 2.03 bits per heavy atom. The fourth-order valence-corrected chi connectivity index (χ4v) is 6.48. The molecule has 35 heavy (non-hydrogen) atoms. The van der Waals surface area contributed by atoms with Crippen molar-refractivity contribution in [1.29, 1.82) is 0 Å². The van der Waals surface area contributed by atoms with Gasteiger partial charge in [-0.2, -0.15) is 0 Å². The van der Waals surface area contributed by atoms with Gasteiger partial charge in [0.25, 0.3) is 5.56 Å². The molecule has 0 saturated heterocycles. The first-order valence-corrected chi connectivity index (χ1v) is 11.9. The van der Waals surface area contributed by atoms with Crippen molar-refractivity contribution in [1.82, 2.24) is 9.55 Å². The molecule has 0 saturated carbocycles. The summed E-state index contributed by atoms with van der Waals surface area (Å²) >= 11 is 6.21. The second-order valence-corrected chi connectivity index (χ2v) is 9.89. The Morgan fingerprint density at radius 1 is 1.23 bits per heavy atom. The van der Waals surface area contributed by atoms with Gasteiger partial charge in [0.2, 0.25) is 0 Å². The van der Waals surface area contributed by atoms with Crippen molar-refractivity contribution in [2.24, 2.45) is 0 Å². The maximum atomic E-state index is 14.5. The average Bonchev–Trinajstić information content (AvgIpc) is 3.58. The van der Waals surface area contributed by atoms with Crippen LogP contribution in [0.2, 0.25) is 5.02 Å². The highest BCUT2D eigenvalue weighted by Gasteiger charge is 2.74. The fourth-order valence-electron chi connectivity index (χ4n) is 6.35. The summed E-state index contributed by atoms with van der Waals surface area (Å²) in [7, 11) is 0. The SMILES string of the molecule is Cc1cc(F)cc2c1[C@]1(O)c3nc4n(c(=O)c3[C@@H](c3ccco3)[C@]1(c1ccc(Cl)cc1)O2)CCC4. The Kier molecular flexibility index (Phi) is 4.08. The minimum atomic E-state index is -1.88. The smallest absolute Gasteiger partial charge is 0.258 e. The van der Waals surface area contributed by atoms with Crippen molar-refractivity contribution in [3.63, 3.8) is 0 Å². The molecule has 176 valence electrons. The second-order valence-electron chi connectivity index (χ2n) is 9.45. The molecule has 1 aliphatic carbocycles. The summed E-state index contributed by atoms with van der Waals surface area (Å²) in [4.78, 5) is 18.8. The number of hydrogen-bond donors (Lipinski definition) is 1. The van der Waals surface area contributed by atoms with Crippen molar-refractivity contribution in [2.75, 3.05) is 0 Å². The zero-order chi connectivity index (χ0) is 24.1. The first-order valence-electron chi connectivity index (χ1n) is 11.5. The summed E-state index contributed by atoms with van der Waals surface area (Å²) in [6, 6.07) is 13.1. The van der Waals surface area contributed by atoms with Crippen LogP contribution >= 0.6 is 11.6 Å². The van der Waals surface area contributed by atoms with Crippen LogP contribution in [0, 0.1) is 12.7 Å². The third-order valence-electron chi connectivity index (χ3n) is 7.64. The molecule has 3 aliphatic rings. The van der Waals surface area contributed by atoms with E-state index in [1.54, 1.807) is 47.9 Å². The average molecular weight is 491 g/mol. The fraction of sp³-hybridized carbons (Fsp3) is 0.259. The van der Waals surface area contributed by atoms with Crippen LogP contribution in [0.15, 0.2) is 64.0 Å². The van der Waals surface area contributed by atoms with E-state index in [1.807, 2.05) is 0 Å². The Balaban J connectivity index is 1.67. The summed E-state index contributed by atoms with van der Waals surface area (Å²) in [5, 5.41) is 13.4. The molecule has 1 N–H and O–H groups in total. The largest absolute Gasteiger partial charge is 0.477 e. The maximum Gasteiger partial charge on any atom is 0.258 e. The third kappa shape index (κ3) is 2.42. The highest BCUT2D eigenvalue weighted by atomic mass is 35.5. The number of aryl methyl sites for hydroxylation is 2. The van der Waals surface area contributed by atoms with Crippen LogP contribution in [0.1, 0.15) is 51.9 Å². The molecule has 0 radical (unpaired) electrons. The molecule has 0 fully saturated rings. The maximum absolute atomic E-state index is 14.5. The molecule has 4 heterocycles. The topological polar surface area (TPSA) is 77.5 Å². The molecule has 2 aromatic carbocycles. The van der Waals surface area contributed by atoms with Crippen molar-refractivity contribution < 1.29 is 18.7 Å². The molecule has 7 rings (SSSR count). The third-order valence-corrected chi connectivity index (χ3v) is 7.89. The molecular weight excluding hydrogens is 471 g/mol. The van der Waals surface area contributed by atoms with Gasteiger partial charge in [-0.15, -0.1) is 0 Å². The predicted molar refractivity (Wildman–Crippen MR) is 125 cm³/mol. The monoisotopic (exact) mass is 490 g/mol. The van der Waals surface area contributed by atoms with Gasteiger partial charge in [0.05, 0.1) is 23.4 Å². The number of ether oxygens (including phenoxy) is 1. The lowest BCUT2D eigenvalue weighted by Gasteiger charge is -2.39. The van der Waals surface area contributed by atoms with Gasteiger partial charge < -0.3 is 14.3 Å². The standard InChI is InChI=1S/C27H20ClFN2O4/c1-14-12-17(29)13-19-22(14)26(33)24-21(25(32)31-10-2-5-20(31)30-24)23(18-4-3-11-34-18)27(26,35-19)15-6-8-16(28)9-7-15/h3-4,6-9,11-13,23,33H,2,5,10H2,1H3/t23-,26+,27+/m1/s1. The molecule has 4 aromatic rings. The van der Waals surface area contributed by atoms with Crippen LogP contribution in [-0.4, -0.2) is 14.7 Å². The van der Waals surface area contributed by atoms with Crippen LogP contribution < -0.4 is 10.3 Å². The van der Waals surface area contributed by atoms with Gasteiger partial charge in [0.1, 0.15) is 23.2 Å². The predicted octanol–water partition coefficient (Wildman–Crippen LogP) is 4.55. The number of nitrogens with zero attached hydrogens (tertiary/aromatic N) is 2. The van der Waals surface area contributed by atoms with Crippen LogP contribution in [-0.2, 0) is 24.2 Å². The van der Waals surface area contributed by atoms with E-state index >= 15 is 0 Å². The minimum absolute atomic E-state index is 0.213. The van der Waals surface area contributed by atoms with Crippen molar-refractivity contribution in [3.05, 3.63) is 116 Å². The molecule has 0 unspecified atom stereocenters.